The van der Waals surface area contributed by atoms with Crippen molar-refractivity contribution in [3.8, 4) is 0 Å². The average Bonchev–Trinajstić information content (AvgIpc) is 3.19. The topological polar surface area (TPSA) is 141 Å². The predicted octanol–water partition coefficient (Wildman–Crippen LogP) is -1.79. The van der Waals surface area contributed by atoms with Crippen molar-refractivity contribution in [2.45, 2.75) is 73.6 Å². The Morgan fingerprint density at radius 2 is 1.66 bits per heavy atom. The number of piperidine rings is 1. The van der Waals surface area contributed by atoms with Crippen LogP contribution in [0.5, 0.6) is 0 Å². The second-order valence-electron chi connectivity index (χ2n) is 12.1. The first-order chi connectivity index (χ1) is 16.6. The SMILES string of the molecule is CCN1C[C@]2(COC)[C@H](O)C[C@H](OC)[C@@]34[C@@H]5C[C@@]6(O)[C@H](O)[C@@H]5[C@@](O)([C@@H]([C@H](OC)[C@H]23)[C@H]14)[C@@H](O)[C@@H]6OC. The Labute approximate surface area is 206 Å². The molecule has 10 nitrogen and oxygen atoms in total. The smallest absolute Gasteiger partial charge is 0.120 e. The van der Waals surface area contributed by atoms with Crippen molar-refractivity contribution in [1.82, 2.24) is 4.90 Å². The lowest BCUT2D eigenvalue weighted by Crippen LogP contribution is -2.81. The van der Waals surface area contributed by atoms with Crippen LogP contribution in [0.2, 0.25) is 0 Å². The summed E-state index contributed by atoms with van der Waals surface area (Å²) in [6.07, 6.45) is -4.95. The zero-order valence-electron chi connectivity index (χ0n) is 21.2. The molecule has 6 fully saturated rings. The van der Waals surface area contributed by atoms with Gasteiger partial charge in [0.25, 0.3) is 0 Å². The van der Waals surface area contributed by atoms with Crippen LogP contribution in [0.25, 0.3) is 0 Å². The standard InChI is InChI=1S/C25H41NO9/c1-6-26-9-22(10-32-2)12(27)7-13(33-3)24-11-8-23(30)19(28)14(11)25(31,20(29)21(23)35-5)15(18(24)26)16(34-4)17(22)24/h11-21,27-31H,6-10H2,1-5H3/t11-,12-,13+,14-,15+,16+,17-,18+,19-,20+,21+,22+,23-,24+,25-/m1/s1. The first kappa shape index (κ1) is 24.9. The van der Waals surface area contributed by atoms with Crippen molar-refractivity contribution < 1.29 is 44.5 Å². The fourth-order valence-electron chi connectivity index (χ4n) is 11.0. The number of likely N-dealkylation sites (tertiary alicyclic amines) is 1. The van der Waals surface area contributed by atoms with Gasteiger partial charge in [0.2, 0.25) is 0 Å². The number of hydrogen-bond donors (Lipinski definition) is 5. The number of methoxy groups -OCH3 is 4. The van der Waals surface area contributed by atoms with E-state index in [9.17, 15) is 25.5 Å². The summed E-state index contributed by atoms with van der Waals surface area (Å²) in [7, 11) is 6.29. The molecule has 200 valence electrons. The monoisotopic (exact) mass is 499 g/mol. The highest BCUT2D eigenvalue weighted by atomic mass is 16.5. The second-order valence-corrected chi connectivity index (χ2v) is 12.1. The molecule has 6 rings (SSSR count). The third-order valence-corrected chi connectivity index (χ3v) is 11.7. The number of hydrogen-bond acceptors (Lipinski definition) is 10. The number of rotatable bonds is 6. The van der Waals surface area contributed by atoms with Crippen molar-refractivity contribution >= 4 is 0 Å². The molecule has 10 heteroatoms. The van der Waals surface area contributed by atoms with E-state index in [4.69, 9.17) is 18.9 Å². The van der Waals surface area contributed by atoms with E-state index in [0.717, 1.165) is 0 Å². The van der Waals surface area contributed by atoms with Crippen LogP contribution in [0.1, 0.15) is 19.8 Å². The molecule has 0 aromatic heterocycles. The second kappa shape index (κ2) is 7.59. The van der Waals surface area contributed by atoms with Gasteiger partial charge in [-0.1, -0.05) is 6.92 Å². The Bertz CT molecular complexity index is 878. The molecule has 6 aliphatic rings. The molecule has 1 heterocycles. The number of nitrogens with zero attached hydrogens (tertiary/aromatic N) is 1. The zero-order chi connectivity index (χ0) is 25.3. The fraction of sp³-hybridized carbons (Fsp3) is 1.00. The maximum Gasteiger partial charge on any atom is 0.120 e. The van der Waals surface area contributed by atoms with E-state index < -0.39 is 76.4 Å². The lowest BCUT2D eigenvalue weighted by atomic mass is 9.42. The van der Waals surface area contributed by atoms with E-state index in [0.29, 0.717) is 26.1 Å². The Kier molecular flexibility index (Phi) is 5.40. The minimum atomic E-state index is -1.76. The van der Waals surface area contributed by atoms with Gasteiger partial charge in [-0.3, -0.25) is 4.90 Å². The molecule has 0 aromatic rings. The largest absolute Gasteiger partial charge is 0.392 e. The molecule has 7 bridgehead atoms. The molecule has 0 radical (unpaired) electrons. The first-order valence-corrected chi connectivity index (χ1v) is 12.9. The van der Waals surface area contributed by atoms with Gasteiger partial charge in [-0.2, -0.15) is 0 Å². The van der Waals surface area contributed by atoms with Crippen LogP contribution < -0.4 is 0 Å². The van der Waals surface area contributed by atoms with Crippen LogP contribution in [-0.4, -0.2) is 132 Å². The summed E-state index contributed by atoms with van der Waals surface area (Å²) < 4.78 is 23.7. The van der Waals surface area contributed by atoms with E-state index in [1.54, 1.807) is 21.3 Å². The Balaban J connectivity index is 1.68. The fourth-order valence-corrected chi connectivity index (χ4v) is 11.0. The summed E-state index contributed by atoms with van der Waals surface area (Å²) in [4.78, 5) is 2.29. The summed E-state index contributed by atoms with van der Waals surface area (Å²) in [5, 5.41) is 59.3. The summed E-state index contributed by atoms with van der Waals surface area (Å²) in [6.45, 7) is 3.58. The quantitative estimate of drug-likeness (QED) is 0.285. The molecule has 1 spiro atoms. The lowest BCUT2D eigenvalue weighted by Gasteiger charge is -2.70. The lowest BCUT2D eigenvalue weighted by molar-refractivity contribution is -0.320. The Morgan fingerprint density at radius 3 is 2.23 bits per heavy atom. The number of aliphatic hydroxyl groups excluding tert-OH is 3. The van der Waals surface area contributed by atoms with Gasteiger partial charge in [0, 0.05) is 76.0 Å². The summed E-state index contributed by atoms with van der Waals surface area (Å²) in [5.74, 6) is -2.04. The van der Waals surface area contributed by atoms with Crippen molar-refractivity contribution in [2.24, 2.45) is 34.5 Å². The van der Waals surface area contributed by atoms with Crippen LogP contribution >= 0.6 is 0 Å². The van der Waals surface area contributed by atoms with Crippen LogP contribution in [-0.2, 0) is 18.9 Å². The van der Waals surface area contributed by atoms with Gasteiger partial charge in [0.05, 0.1) is 31.0 Å². The zero-order valence-corrected chi connectivity index (χ0v) is 21.2. The molecular weight excluding hydrogens is 458 g/mol. The molecule has 0 unspecified atom stereocenters. The van der Waals surface area contributed by atoms with Crippen LogP contribution in [0, 0.1) is 34.5 Å². The van der Waals surface area contributed by atoms with Gasteiger partial charge >= 0.3 is 0 Å². The maximum atomic E-state index is 12.6. The average molecular weight is 500 g/mol. The van der Waals surface area contributed by atoms with E-state index in [-0.39, 0.29) is 18.4 Å². The minimum Gasteiger partial charge on any atom is -0.392 e. The highest BCUT2D eigenvalue weighted by Gasteiger charge is 2.90. The summed E-state index contributed by atoms with van der Waals surface area (Å²) in [5.41, 5.74) is -4.81. The van der Waals surface area contributed by atoms with Gasteiger partial charge in [0.15, 0.2) is 0 Å². The van der Waals surface area contributed by atoms with Gasteiger partial charge in [-0.15, -0.1) is 0 Å². The summed E-state index contributed by atoms with van der Waals surface area (Å²) in [6, 6.07) is -0.240. The minimum absolute atomic E-state index is 0.156. The van der Waals surface area contributed by atoms with Crippen molar-refractivity contribution in [1.29, 1.82) is 0 Å². The van der Waals surface area contributed by atoms with Crippen LogP contribution in [0.4, 0.5) is 0 Å². The molecular formula is C25H41NO9. The van der Waals surface area contributed by atoms with E-state index in [1.807, 2.05) is 0 Å². The highest BCUT2D eigenvalue weighted by molar-refractivity contribution is 5.39. The van der Waals surface area contributed by atoms with Crippen LogP contribution in [0.3, 0.4) is 0 Å². The third-order valence-electron chi connectivity index (χ3n) is 11.7. The number of ether oxygens (including phenoxy) is 4. The van der Waals surface area contributed by atoms with E-state index >= 15 is 0 Å². The van der Waals surface area contributed by atoms with E-state index in [1.165, 1.54) is 7.11 Å². The number of aliphatic hydroxyl groups is 5. The Hall–Kier alpha value is -0.400. The molecule has 1 saturated heterocycles. The highest BCUT2D eigenvalue weighted by Crippen LogP contribution is 2.79. The predicted molar refractivity (Wildman–Crippen MR) is 121 cm³/mol. The molecule has 5 aliphatic carbocycles. The molecule has 35 heavy (non-hydrogen) atoms. The molecule has 5 N–H and O–H groups in total. The van der Waals surface area contributed by atoms with Gasteiger partial charge in [-0.25, -0.2) is 0 Å². The molecule has 1 aliphatic heterocycles. The third kappa shape index (κ3) is 2.35. The Morgan fingerprint density at radius 1 is 0.943 bits per heavy atom. The van der Waals surface area contributed by atoms with Gasteiger partial charge in [0.1, 0.15) is 23.4 Å². The van der Waals surface area contributed by atoms with Gasteiger partial charge < -0.3 is 44.5 Å². The molecule has 0 aromatic carbocycles. The molecule has 0 amide bonds. The van der Waals surface area contributed by atoms with Gasteiger partial charge in [-0.05, 0) is 18.9 Å². The first-order valence-electron chi connectivity index (χ1n) is 12.9. The van der Waals surface area contributed by atoms with Crippen molar-refractivity contribution in [3.05, 3.63) is 0 Å². The van der Waals surface area contributed by atoms with E-state index in [2.05, 4.69) is 11.8 Å². The van der Waals surface area contributed by atoms with Crippen molar-refractivity contribution in [3.63, 3.8) is 0 Å². The maximum absolute atomic E-state index is 12.6. The van der Waals surface area contributed by atoms with Crippen molar-refractivity contribution in [2.75, 3.05) is 48.1 Å². The number of fused-ring (bicyclic) bond motifs is 2. The summed E-state index contributed by atoms with van der Waals surface area (Å²) >= 11 is 0. The molecule has 15 atom stereocenters. The molecule has 5 saturated carbocycles. The normalized spacial score (nSPS) is 62.4. The van der Waals surface area contributed by atoms with Crippen LogP contribution in [0.15, 0.2) is 0 Å².